The molecule has 158 valence electrons. The Morgan fingerprint density at radius 2 is 2.00 bits per heavy atom. The van der Waals surface area contributed by atoms with Crippen molar-refractivity contribution >= 4 is 23.2 Å². The molecule has 2 aliphatic heterocycles. The first-order valence-corrected chi connectivity index (χ1v) is 10.1. The van der Waals surface area contributed by atoms with Crippen LogP contribution in [0.5, 0.6) is 0 Å². The first kappa shape index (κ1) is 21.2. The fraction of sp³-hybridized carbons (Fsp3) is 0.571. The second-order valence-electron chi connectivity index (χ2n) is 8.68. The summed E-state index contributed by atoms with van der Waals surface area (Å²) in [6, 6.07) is 4.82. The molecule has 0 aliphatic carbocycles. The zero-order valence-electron chi connectivity index (χ0n) is 17.3. The quantitative estimate of drug-likeness (QED) is 0.759. The second kappa shape index (κ2) is 8.49. The number of rotatable bonds is 6. The van der Waals surface area contributed by atoms with Crippen molar-refractivity contribution in [2.75, 3.05) is 24.6 Å². The number of nitrogens with one attached hydrogen (secondary N) is 1. The van der Waals surface area contributed by atoms with Crippen LogP contribution in [0.3, 0.4) is 0 Å². The summed E-state index contributed by atoms with van der Waals surface area (Å²) in [6.45, 7) is 9.03. The van der Waals surface area contributed by atoms with Crippen LogP contribution in [0.2, 0.25) is 0 Å². The molecule has 1 aromatic carbocycles. The average molecular weight is 404 g/mol. The zero-order valence-corrected chi connectivity index (χ0v) is 17.3. The molecule has 0 bridgehead atoms. The maximum absolute atomic E-state index is 13.2. The Hall–Kier alpha value is -2.48. The standard InChI is InChI=1S/C21H30FN5O2/c1-14-5-4-10-26(12-14)21(2,3)13-24-20(29)17-11-18(19(23)28)27(25-17)16-8-6-15(22)7-9-16/h6-9,14,18H,4-5,10-13H2,1-3H3,(H2,23,28)(H,24,29). The third-order valence-electron chi connectivity index (χ3n) is 5.79. The molecule has 1 fully saturated rings. The highest BCUT2D eigenvalue weighted by Crippen LogP contribution is 2.26. The summed E-state index contributed by atoms with van der Waals surface area (Å²) in [4.78, 5) is 27.0. The molecule has 1 aromatic rings. The Kier molecular flexibility index (Phi) is 6.21. The lowest BCUT2D eigenvalue weighted by molar-refractivity contribution is -0.119. The number of benzene rings is 1. The highest BCUT2D eigenvalue weighted by molar-refractivity contribution is 6.40. The SMILES string of the molecule is CC1CCCN(C(C)(C)CNC(=O)C2=NN(c3ccc(F)cc3)C(C(N)=O)C2)C1. The maximum Gasteiger partial charge on any atom is 0.267 e. The van der Waals surface area contributed by atoms with Crippen molar-refractivity contribution in [1.82, 2.24) is 10.2 Å². The van der Waals surface area contributed by atoms with Gasteiger partial charge in [0, 0.05) is 25.0 Å². The number of primary amides is 1. The lowest BCUT2D eigenvalue weighted by Gasteiger charge is -2.43. The van der Waals surface area contributed by atoms with E-state index in [4.69, 9.17) is 5.73 Å². The van der Waals surface area contributed by atoms with E-state index in [1.54, 1.807) is 0 Å². The Bertz CT molecular complexity index is 793. The summed E-state index contributed by atoms with van der Waals surface area (Å²) < 4.78 is 13.2. The molecule has 3 rings (SSSR count). The minimum Gasteiger partial charge on any atom is -0.368 e. The van der Waals surface area contributed by atoms with Gasteiger partial charge in [-0.25, -0.2) is 4.39 Å². The van der Waals surface area contributed by atoms with E-state index in [0.717, 1.165) is 19.5 Å². The normalized spacial score (nSPS) is 23.0. The number of amides is 2. The Balaban J connectivity index is 1.67. The van der Waals surface area contributed by atoms with E-state index >= 15 is 0 Å². The van der Waals surface area contributed by atoms with Gasteiger partial charge in [-0.3, -0.25) is 19.5 Å². The van der Waals surface area contributed by atoms with Crippen molar-refractivity contribution in [2.24, 2.45) is 16.8 Å². The van der Waals surface area contributed by atoms with Crippen molar-refractivity contribution in [3.8, 4) is 0 Å². The number of hydrazone groups is 1. The number of piperidine rings is 1. The van der Waals surface area contributed by atoms with E-state index in [9.17, 15) is 14.0 Å². The predicted octanol–water partition coefficient (Wildman–Crippen LogP) is 1.87. The van der Waals surface area contributed by atoms with Crippen LogP contribution in [-0.4, -0.2) is 53.6 Å². The van der Waals surface area contributed by atoms with Crippen LogP contribution in [0.15, 0.2) is 29.4 Å². The van der Waals surface area contributed by atoms with E-state index in [2.05, 4.69) is 36.1 Å². The number of nitrogens with two attached hydrogens (primary N) is 1. The lowest BCUT2D eigenvalue weighted by atomic mass is 9.93. The monoisotopic (exact) mass is 403 g/mol. The topological polar surface area (TPSA) is 91.0 Å². The van der Waals surface area contributed by atoms with Crippen LogP contribution in [0, 0.1) is 11.7 Å². The molecule has 2 atom stereocenters. The van der Waals surface area contributed by atoms with E-state index in [0.29, 0.717) is 18.2 Å². The lowest BCUT2D eigenvalue weighted by Crippen LogP contribution is -2.55. The smallest absolute Gasteiger partial charge is 0.267 e. The minimum absolute atomic E-state index is 0.125. The second-order valence-corrected chi connectivity index (χ2v) is 8.68. The van der Waals surface area contributed by atoms with Crippen molar-refractivity contribution in [3.05, 3.63) is 30.1 Å². The summed E-state index contributed by atoms with van der Waals surface area (Å²) in [7, 11) is 0. The van der Waals surface area contributed by atoms with Crippen LogP contribution in [0.25, 0.3) is 0 Å². The number of carbonyl (C=O) groups excluding carboxylic acids is 2. The van der Waals surface area contributed by atoms with E-state index in [-0.39, 0.29) is 29.4 Å². The molecule has 0 spiro atoms. The summed E-state index contributed by atoms with van der Waals surface area (Å²) in [5.74, 6) is -0.624. The molecule has 2 heterocycles. The maximum atomic E-state index is 13.2. The third kappa shape index (κ3) is 4.93. The minimum atomic E-state index is -0.767. The van der Waals surface area contributed by atoms with Crippen LogP contribution in [0.1, 0.15) is 40.0 Å². The van der Waals surface area contributed by atoms with Gasteiger partial charge in [0.2, 0.25) is 5.91 Å². The Labute approximate surface area is 171 Å². The van der Waals surface area contributed by atoms with Crippen LogP contribution in [0.4, 0.5) is 10.1 Å². The molecule has 0 saturated carbocycles. The van der Waals surface area contributed by atoms with Gasteiger partial charge in [0.25, 0.3) is 5.91 Å². The molecule has 0 aromatic heterocycles. The van der Waals surface area contributed by atoms with Gasteiger partial charge in [0.05, 0.1) is 5.69 Å². The van der Waals surface area contributed by atoms with Crippen molar-refractivity contribution in [1.29, 1.82) is 0 Å². The Morgan fingerprint density at radius 3 is 2.62 bits per heavy atom. The van der Waals surface area contributed by atoms with E-state index in [1.807, 2.05) is 0 Å². The first-order chi connectivity index (χ1) is 13.7. The molecule has 8 heteroatoms. The molecule has 2 unspecified atom stereocenters. The molecule has 3 N–H and O–H groups in total. The van der Waals surface area contributed by atoms with Gasteiger partial charge in [0.15, 0.2) is 0 Å². The zero-order chi connectivity index (χ0) is 21.2. The summed E-state index contributed by atoms with van der Waals surface area (Å²) in [5.41, 5.74) is 6.09. The fourth-order valence-corrected chi connectivity index (χ4v) is 3.95. The number of carbonyl (C=O) groups is 2. The number of halogens is 1. The first-order valence-electron chi connectivity index (χ1n) is 10.1. The highest BCUT2D eigenvalue weighted by Gasteiger charge is 2.36. The predicted molar refractivity (Wildman–Crippen MR) is 111 cm³/mol. The largest absolute Gasteiger partial charge is 0.368 e. The summed E-state index contributed by atoms with van der Waals surface area (Å²) >= 11 is 0. The number of nitrogens with zero attached hydrogens (tertiary/aromatic N) is 3. The van der Waals surface area contributed by atoms with Crippen LogP contribution in [-0.2, 0) is 9.59 Å². The summed E-state index contributed by atoms with van der Waals surface area (Å²) in [6.07, 6.45) is 2.53. The van der Waals surface area contributed by atoms with Crippen molar-refractivity contribution in [2.45, 2.75) is 51.6 Å². The molecular weight excluding hydrogens is 373 g/mol. The van der Waals surface area contributed by atoms with Gasteiger partial charge in [-0.15, -0.1) is 0 Å². The fourth-order valence-electron chi connectivity index (χ4n) is 3.95. The molecular formula is C21H30FN5O2. The van der Waals surface area contributed by atoms with Crippen molar-refractivity contribution in [3.63, 3.8) is 0 Å². The molecule has 1 saturated heterocycles. The number of likely N-dealkylation sites (tertiary alicyclic amines) is 1. The van der Waals surface area contributed by atoms with Crippen LogP contribution >= 0.6 is 0 Å². The van der Waals surface area contributed by atoms with Gasteiger partial charge in [-0.05, 0) is 63.4 Å². The number of hydrogen-bond acceptors (Lipinski definition) is 5. The third-order valence-corrected chi connectivity index (χ3v) is 5.79. The van der Waals surface area contributed by atoms with E-state index < -0.39 is 11.9 Å². The average Bonchev–Trinajstić information content (AvgIpc) is 3.12. The molecule has 2 aliphatic rings. The van der Waals surface area contributed by atoms with Crippen molar-refractivity contribution < 1.29 is 14.0 Å². The molecule has 7 nitrogen and oxygen atoms in total. The summed E-state index contributed by atoms with van der Waals surface area (Å²) in [5, 5.41) is 8.68. The highest BCUT2D eigenvalue weighted by atomic mass is 19.1. The van der Waals surface area contributed by atoms with Gasteiger partial charge < -0.3 is 11.1 Å². The van der Waals surface area contributed by atoms with Gasteiger partial charge >= 0.3 is 0 Å². The molecule has 29 heavy (non-hydrogen) atoms. The van der Waals surface area contributed by atoms with Gasteiger partial charge in [0.1, 0.15) is 17.6 Å². The van der Waals surface area contributed by atoms with E-state index in [1.165, 1.54) is 35.7 Å². The number of hydrogen-bond donors (Lipinski definition) is 2. The Morgan fingerprint density at radius 1 is 1.31 bits per heavy atom. The molecule has 0 radical (unpaired) electrons. The van der Waals surface area contributed by atoms with Gasteiger partial charge in [-0.1, -0.05) is 6.92 Å². The van der Waals surface area contributed by atoms with Crippen LogP contribution < -0.4 is 16.1 Å². The molecule has 2 amide bonds. The number of anilines is 1. The van der Waals surface area contributed by atoms with Gasteiger partial charge in [-0.2, -0.15) is 5.10 Å².